The Morgan fingerprint density at radius 1 is 1.47 bits per heavy atom. The number of ketones is 1. The first kappa shape index (κ1) is 13.2. The van der Waals surface area contributed by atoms with Crippen LogP contribution in [0.4, 0.5) is 4.39 Å². The van der Waals surface area contributed by atoms with Crippen LogP contribution in [0.1, 0.15) is 33.6 Å². The summed E-state index contributed by atoms with van der Waals surface area (Å²) in [4.78, 5) is 11.8. The third-order valence-electron chi connectivity index (χ3n) is 5.00. The topological polar surface area (TPSA) is 26.3 Å². The van der Waals surface area contributed by atoms with Crippen LogP contribution in [0.2, 0.25) is 18.1 Å². The van der Waals surface area contributed by atoms with Crippen molar-refractivity contribution in [1.29, 1.82) is 0 Å². The number of fused-ring (bicyclic) bond motifs is 1. The molecular formula is C13H23FO2Si. The molecule has 0 unspecified atom stereocenters. The Balaban J connectivity index is 1.99. The minimum atomic E-state index is -1.82. The predicted octanol–water partition coefficient (Wildman–Crippen LogP) is 3.33. The maximum atomic E-state index is 13.3. The lowest BCUT2D eigenvalue weighted by molar-refractivity contribution is -0.128. The smallest absolute Gasteiger partial charge is 0.192 e. The maximum absolute atomic E-state index is 13.3. The lowest BCUT2D eigenvalue weighted by Crippen LogP contribution is -2.43. The zero-order valence-electron chi connectivity index (χ0n) is 11.5. The van der Waals surface area contributed by atoms with E-state index in [1.165, 1.54) is 0 Å². The van der Waals surface area contributed by atoms with Crippen LogP contribution >= 0.6 is 0 Å². The van der Waals surface area contributed by atoms with E-state index in [-0.39, 0.29) is 16.7 Å². The zero-order chi connectivity index (χ0) is 13.1. The fraction of sp³-hybridized carbons (Fsp3) is 0.923. The third kappa shape index (κ3) is 1.99. The van der Waals surface area contributed by atoms with Gasteiger partial charge in [0, 0.05) is 6.61 Å². The van der Waals surface area contributed by atoms with Crippen molar-refractivity contribution in [3.63, 3.8) is 0 Å². The molecular weight excluding hydrogens is 235 g/mol. The molecule has 0 saturated heterocycles. The van der Waals surface area contributed by atoms with Gasteiger partial charge >= 0.3 is 0 Å². The Hall–Kier alpha value is -0.223. The molecule has 0 aromatic carbocycles. The number of carbonyl (C=O) groups excluding carboxylic acids is 1. The first-order valence-electron chi connectivity index (χ1n) is 6.42. The monoisotopic (exact) mass is 258 g/mol. The summed E-state index contributed by atoms with van der Waals surface area (Å²) in [6.07, 6.45) is 0.0531. The highest BCUT2D eigenvalue weighted by Gasteiger charge is 2.67. The van der Waals surface area contributed by atoms with E-state index < -0.39 is 19.9 Å². The van der Waals surface area contributed by atoms with Crippen molar-refractivity contribution >= 4 is 14.1 Å². The van der Waals surface area contributed by atoms with Crippen LogP contribution in [-0.2, 0) is 9.22 Å². The molecule has 0 bridgehead atoms. The summed E-state index contributed by atoms with van der Waals surface area (Å²) in [6.45, 7) is 11.3. The molecule has 3 atom stereocenters. The molecule has 2 fully saturated rings. The van der Waals surface area contributed by atoms with E-state index in [1.807, 2.05) is 0 Å². The van der Waals surface area contributed by atoms with Crippen molar-refractivity contribution in [2.45, 2.75) is 57.9 Å². The van der Waals surface area contributed by atoms with Gasteiger partial charge in [-0.05, 0) is 36.9 Å². The summed E-state index contributed by atoms with van der Waals surface area (Å²) in [5.41, 5.74) is -0.436. The van der Waals surface area contributed by atoms with Crippen LogP contribution in [0.15, 0.2) is 0 Å². The van der Waals surface area contributed by atoms with E-state index >= 15 is 0 Å². The average molecular weight is 258 g/mol. The van der Waals surface area contributed by atoms with Gasteiger partial charge in [0.1, 0.15) is 0 Å². The van der Waals surface area contributed by atoms with E-state index in [0.29, 0.717) is 13.0 Å². The summed E-state index contributed by atoms with van der Waals surface area (Å²) in [5.74, 6) is 0.0657. The third-order valence-corrected chi connectivity index (χ3v) is 9.47. The number of hydrogen-bond acceptors (Lipinski definition) is 2. The Bertz CT molecular complexity index is 348. The number of Topliss-reactive ketones (excluding diaryl/α,β-unsaturated/α-hetero) is 1. The Labute approximate surface area is 104 Å². The second-order valence-corrected chi connectivity index (χ2v) is 12.0. The SMILES string of the molecule is CC(C)(C)[Si](C)(C)OC[C@@]12C[C@@H]1C[C@@H](F)C2=O. The molecule has 2 aliphatic carbocycles. The largest absolute Gasteiger partial charge is 0.416 e. The lowest BCUT2D eigenvalue weighted by atomic mass is 10.0. The fourth-order valence-electron chi connectivity index (χ4n) is 2.43. The van der Waals surface area contributed by atoms with Crippen LogP contribution in [-0.4, -0.2) is 26.9 Å². The summed E-state index contributed by atoms with van der Waals surface area (Å²) in [5, 5.41) is 0.144. The first-order valence-corrected chi connectivity index (χ1v) is 9.33. The summed E-state index contributed by atoms with van der Waals surface area (Å²) in [6, 6.07) is 0. The molecule has 0 spiro atoms. The van der Waals surface area contributed by atoms with E-state index in [0.717, 1.165) is 6.42 Å². The second-order valence-electron chi connectivity index (χ2n) is 7.17. The fourth-order valence-corrected chi connectivity index (χ4v) is 3.49. The van der Waals surface area contributed by atoms with Gasteiger partial charge in [-0.15, -0.1) is 0 Å². The molecule has 0 aromatic heterocycles. The molecule has 2 rings (SSSR count). The van der Waals surface area contributed by atoms with Crippen molar-refractivity contribution in [3.8, 4) is 0 Å². The van der Waals surface area contributed by atoms with Crippen molar-refractivity contribution < 1.29 is 13.6 Å². The maximum Gasteiger partial charge on any atom is 0.192 e. The molecule has 98 valence electrons. The number of alkyl halides is 1. The highest BCUT2D eigenvalue weighted by atomic mass is 28.4. The van der Waals surface area contributed by atoms with Crippen molar-refractivity contribution in [1.82, 2.24) is 0 Å². The number of carbonyl (C=O) groups is 1. The molecule has 2 nitrogen and oxygen atoms in total. The molecule has 0 radical (unpaired) electrons. The van der Waals surface area contributed by atoms with Crippen LogP contribution in [0.25, 0.3) is 0 Å². The standard InChI is InChI=1S/C13H23FO2Si/c1-12(2,3)17(4,5)16-8-13-7-9(13)6-10(14)11(13)15/h9-10H,6-8H2,1-5H3/t9-,10+,13-/m0/s1. The van der Waals surface area contributed by atoms with Gasteiger partial charge in [0.15, 0.2) is 20.3 Å². The van der Waals surface area contributed by atoms with E-state index in [1.54, 1.807) is 0 Å². The van der Waals surface area contributed by atoms with Crippen LogP contribution in [0.5, 0.6) is 0 Å². The molecule has 0 N–H and O–H groups in total. The van der Waals surface area contributed by atoms with E-state index in [2.05, 4.69) is 33.9 Å². The lowest BCUT2D eigenvalue weighted by Gasteiger charge is -2.37. The van der Waals surface area contributed by atoms with Crippen molar-refractivity contribution in [3.05, 3.63) is 0 Å². The highest BCUT2D eigenvalue weighted by molar-refractivity contribution is 6.74. The van der Waals surface area contributed by atoms with Gasteiger partial charge in [-0.25, -0.2) is 4.39 Å². The first-order chi connectivity index (χ1) is 7.60. The minimum absolute atomic E-state index is 0.144. The number of hydrogen-bond donors (Lipinski definition) is 0. The highest BCUT2D eigenvalue weighted by Crippen LogP contribution is 2.62. The predicted molar refractivity (Wildman–Crippen MR) is 68.2 cm³/mol. The average Bonchev–Trinajstić information content (AvgIpc) is 2.81. The normalized spacial score (nSPS) is 37.2. The number of rotatable bonds is 3. The Morgan fingerprint density at radius 3 is 2.47 bits per heavy atom. The molecule has 0 amide bonds. The minimum Gasteiger partial charge on any atom is -0.416 e. The van der Waals surface area contributed by atoms with Crippen LogP contribution < -0.4 is 0 Å². The van der Waals surface area contributed by atoms with Gasteiger partial charge in [-0.3, -0.25) is 4.79 Å². The molecule has 17 heavy (non-hydrogen) atoms. The molecule has 4 heteroatoms. The zero-order valence-corrected chi connectivity index (χ0v) is 12.5. The quantitative estimate of drug-likeness (QED) is 0.726. The van der Waals surface area contributed by atoms with Crippen LogP contribution in [0, 0.1) is 11.3 Å². The van der Waals surface area contributed by atoms with Crippen molar-refractivity contribution in [2.24, 2.45) is 11.3 Å². The van der Waals surface area contributed by atoms with Gasteiger partial charge < -0.3 is 4.43 Å². The molecule has 0 aromatic rings. The van der Waals surface area contributed by atoms with Crippen LogP contribution in [0.3, 0.4) is 0 Å². The van der Waals surface area contributed by atoms with Crippen molar-refractivity contribution in [2.75, 3.05) is 6.61 Å². The van der Waals surface area contributed by atoms with Gasteiger partial charge in [-0.1, -0.05) is 20.8 Å². The van der Waals surface area contributed by atoms with E-state index in [4.69, 9.17) is 4.43 Å². The Kier molecular flexibility index (Phi) is 2.83. The Morgan fingerprint density at radius 2 is 2.06 bits per heavy atom. The second kappa shape index (κ2) is 3.64. The van der Waals surface area contributed by atoms with Gasteiger partial charge in [-0.2, -0.15) is 0 Å². The molecule has 0 aliphatic heterocycles. The molecule has 2 saturated carbocycles. The molecule has 0 heterocycles. The van der Waals surface area contributed by atoms with E-state index in [9.17, 15) is 9.18 Å². The summed E-state index contributed by atoms with van der Waals surface area (Å²) >= 11 is 0. The van der Waals surface area contributed by atoms with Gasteiger partial charge in [0.2, 0.25) is 0 Å². The summed E-state index contributed by atoms with van der Waals surface area (Å²) in [7, 11) is -1.82. The molecule has 2 aliphatic rings. The summed E-state index contributed by atoms with van der Waals surface area (Å²) < 4.78 is 19.4. The van der Waals surface area contributed by atoms with Gasteiger partial charge in [0.05, 0.1) is 5.41 Å². The van der Waals surface area contributed by atoms with Gasteiger partial charge in [0.25, 0.3) is 0 Å². The number of halogens is 1.